The Bertz CT molecular complexity index is 681. The van der Waals surface area contributed by atoms with E-state index in [1.807, 2.05) is 6.07 Å². The van der Waals surface area contributed by atoms with E-state index in [9.17, 15) is 0 Å². The van der Waals surface area contributed by atoms with Crippen molar-refractivity contribution in [1.82, 2.24) is 10.3 Å². The predicted octanol–water partition coefficient (Wildman–Crippen LogP) is 4.20. The van der Waals surface area contributed by atoms with Crippen LogP contribution in [0.2, 0.25) is 0 Å². The highest BCUT2D eigenvalue weighted by Crippen LogP contribution is 2.33. The summed E-state index contributed by atoms with van der Waals surface area (Å²) in [6.07, 6.45) is 6.94. The van der Waals surface area contributed by atoms with Crippen LogP contribution in [0.15, 0.2) is 24.3 Å². The second-order valence-electron chi connectivity index (χ2n) is 5.87. The number of pyridine rings is 1. The van der Waals surface area contributed by atoms with Gasteiger partial charge in [-0.3, -0.25) is 4.98 Å². The summed E-state index contributed by atoms with van der Waals surface area (Å²) in [5.41, 5.74) is 4.81. The molecular weight excluding hydrogens is 290 g/mol. The Morgan fingerprint density at radius 2 is 2.05 bits per heavy atom. The van der Waals surface area contributed by atoms with Crippen LogP contribution in [0.1, 0.15) is 43.9 Å². The van der Waals surface area contributed by atoms with Gasteiger partial charge < -0.3 is 10.6 Å². The van der Waals surface area contributed by atoms with E-state index in [2.05, 4.69) is 35.8 Å². The molecule has 1 aliphatic rings. The molecule has 3 nitrogen and oxygen atoms in total. The van der Waals surface area contributed by atoms with Gasteiger partial charge in [-0.1, -0.05) is 31.5 Å². The molecule has 0 unspecified atom stereocenters. The number of rotatable bonds is 4. The SMILES string of the molecule is CCCCNC(=S)Nc1c2c(nc3ccccc13)CCCC2. The molecule has 0 saturated heterocycles. The fourth-order valence-corrected chi connectivity index (χ4v) is 3.26. The van der Waals surface area contributed by atoms with Crippen molar-refractivity contribution in [1.29, 1.82) is 0 Å². The minimum atomic E-state index is 0.720. The number of para-hydroxylation sites is 1. The first-order valence-electron chi connectivity index (χ1n) is 8.25. The summed E-state index contributed by atoms with van der Waals surface area (Å²) in [5, 5.41) is 8.65. The number of nitrogens with zero attached hydrogens (tertiary/aromatic N) is 1. The van der Waals surface area contributed by atoms with E-state index in [1.54, 1.807) is 0 Å². The fourth-order valence-electron chi connectivity index (χ4n) is 3.05. The van der Waals surface area contributed by atoms with Crippen LogP contribution in [0.4, 0.5) is 5.69 Å². The van der Waals surface area contributed by atoms with Crippen LogP contribution >= 0.6 is 12.2 Å². The number of hydrogen-bond donors (Lipinski definition) is 2. The highest BCUT2D eigenvalue weighted by Gasteiger charge is 2.18. The van der Waals surface area contributed by atoms with E-state index in [0.717, 1.165) is 42.1 Å². The maximum Gasteiger partial charge on any atom is 0.170 e. The number of aromatic nitrogens is 1. The molecule has 22 heavy (non-hydrogen) atoms. The third-order valence-electron chi connectivity index (χ3n) is 4.22. The molecule has 0 aliphatic heterocycles. The van der Waals surface area contributed by atoms with Gasteiger partial charge >= 0.3 is 0 Å². The number of fused-ring (bicyclic) bond motifs is 2. The van der Waals surface area contributed by atoms with Crippen LogP contribution in [-0.4, -0.2) is 16.6 Å². The Morgan fingerprint density at radius 1 is 1.23 bits per heavy atom. The predicted molar refractivity (Wildman–Crippen MR) is 97.5 cm³/mol. The van der Waals surface area contributed by atoms with Crippen LogP contribution in [0.25, 0.3) is 10.9 Å². The summed E-state index contributed by atoms with van der Waals surface area (Å²) in [5.74, 6) is 0. The Labute approximate surface area is 137 Å². The largest absolute Gasteiger partial charge is 0.362 e. The summed E-state index contributed by atoms with van der Waals surface area (Å²) in [7, 11) is 0. The third-order valence-corrected chi connectivity index (χ3v) is 4.47. The summed E-state index contributed by atoms with van der Waals surface area (Å²) in [6, 6.07) is 8.33. The average Bonchev–Trinajstić information content (AvgIpc) is 2.55. The lowest BCUT2D eigenvalue weighted by Gasteiger charge is -2.22. The topological polar surface area (TPSA) is 37.0 Å². The molecular formula is C18H23N3S. The maximum atomic E-state index is 5.47. The summed E-state index contributed by atoms with van der Waals surface area (Å²) >= 11 is 5.47. The van der Waals surface area contributed by atoms with Crippen LogP contribution in [0.5, 0.6) is 0 Å². The lowest BCUT2D eigenvalue weighted by atomic mass is 9.93. The van der Waals surface area contributed by atoms with E-state index in [-0.39, 0.29) is 0 Å². The molecule has 4 heteroatoms. The van der Waals surface area contributed by atoms with Crippen LogP contribution in [0, 0.1) is 0 Å². The van der Waals surface area contributed by atoms with Crippen molar-refractivity contribution in [3.8, 4) is 0 Å². The molecule has 0 amide bonds. The number of aryl methyl sites for hydroxylation is 1. The molecule has 3 rings (SSSR count). The Balaban J connectivity index is 1.94. The zero-order valence-electron chi connectivity index (χ0n) is 13.1. The van der Waals surface area contributed by atoms with Gasteiger partial charge in [-0.2, -0.15) is 0 Å². The zero-order chi connectivity index (χ0) is 15.4. The average molecular weight is 313 g/mol. The van der Waals surface area contributed by atoms with E-state index in [0.29, 0.717) is 0 Å². The van der Waals surface area contributed by atoms with Crippen molar-refractivity contribution in [2.24, 2.45) is 0 Å². The molecule has 2 aromatic rings. The first kappa shape index (κ1) is 15.2. The van der Waals surface area contributed by atoms with Gasteiger partial charge in [-0.25, -0.2) is 0 Å². The van der Waals surface area contributed by atoms with E-state index in [1.165, 1.54) is 35.9 Å². The van der Waals surface area contributed by atoms with Crippen molar-refractivity contribution < 1.29 is 0 Å². The van der Waals surface area contributed by atoms with Crippen molar-refractivity contribution >= 4 is 33.9 Å². The zero-order valence-corrected chi connectivity index (χ0v) is 13.9. The molecule has 0 fully saturated rings. The standard InChI is InChI=1S/C18H23N3S/c1-2-3-12-19-18(22)21-17-13-8-4-6-10-15(13)20-16-11-7-5-9-14(16)17/h4,6,8,10H,2-3,5,7,9,11-12H2,1H3,(H2,19,20,21,22). The van der Waals surface area contributed by atoms with Crippen molar-refractivity contribution in [3.05, 3.63) is 35.5 Å². The van der Waals surface area contributed by atoms with Gasteiger partial charge in [0.15, 0.2) is 5.11 Å². The molecule has 0 atom stereocenters. The van der Waals surface area contributed by atoms with E-state index < -0.39 is 0 Å². The van der Waals surface area contributed by atoms with Crippen molar-refractivity contribution in [3.63, 3.8) is 0 Å². The van der Waals surface area contributed by atoms with Gasteiger partial charge in [0.2, 0.25) is 0 Å². The second-order valence-corrected chi connectivity index (χ2v) is 6.28. The van der Waals surface area contributed by atoms with Crippen LogP contribution < -0.4 is 10.6 Å². The number of nitrogens with one attached hydrogen (secondary N) is 2. The van der Waals surface area contributed by atoms with E-state index in [4.69, 9.17) is 17.2 Å². The van der Waals surface area contributed by atoms with Crippen molar-refractivity contribution in [2.75, 3.05) is 11.9 Å². The number of hydrogen-bond acceptors (Lipinski definition) is 2. The van der Waals surface area contributed by atoms with Gasteiger partial charge in [0.25, 0.3) is 0 Å². The lowest BCUT2D eigenvalue weighted by molar-refractivity contribution is 0.672. The number of unbranched alkanes of at least 4 members (excludes halogenated alkanes) is 1. The van der Waals surface area contributed by atoms with Crippen LogP contribution in [-0.2, 0) is 12.8 Å². The molecule has 0 saturated carbocycles. The molecule has 0 spiro atoms. The highest BCUT2D eigenvalue weighted by atomic mass is 32.1. The Hall–Kier alpha value is -1.68. The molecule has 0 radical (unpaired) electrons. The van der Waals surface area contributed by atoms with Gasteiger partial charge in [-0.15, -0.1) is 0 Å². The van der Waals surface area contributed by atoms with Gasteiger partial charge in [-0.05, 0) is 56.0 Å². The molecule has 1 heterocycles. The molecule has 1 aromatic carbocycles. The van der Waals surface area contributed by atoms with E-state index >= 15 is 0 Å². The first-order valence-corrected chi connectivity index (χ1v) is 8.65. The van der Waals surface area contributed by atoms with Crippen molar-refractivity contribution in [2.45, 2.75) is 45.4 Å². The van der Waals surface area contributed by atoms with Gasteiger partial charge in [0.05, 0.1) is 11.2 Å². The third kappa shape index (κ3) is 3.22. The Kier molecular flexibility index (Phi) is 4.88. The lowest BCUT2D eigenvalue weighted by Crippen LogP contribution is -2.30. The van der Waals surface area contributed by atoms with Crippen LogP contribution in [0.3, 0.4) is 0 Å². The second kappa shape index (κ2) is 7.05. The summed E-state index contributed by atoms with van der Waals surface area (Å²) in [4.78, 5) is 4.86. The maximum absolute atomic E-state index is 5.47. The van der Waals surface area contributed by atoms with Gasteiger partial charge in [0, 0.05) is 17.6 Å². The number of benzene rings is 1. The molecule has 1 aromatic heterocycles. The minimum absolute atomic E-state index is 0.720. The van der Waals surface area contributed by atoms with Gasteiger partial charge in [0.1, 0.15) is 0 Å². The smallest absolute Gasteiger partial charge is 0.170 e. The molecule has 2 N–H and O–H groups in total. The number of anilines is 1. The first-order chi connectivity index (χ1) is 10.8. The number of thiocarbonyl (C=S) groups is 1. The minimum Gasteiger partial charge on any atom is -0.362 e. The summed E-state index contributed by atoms with van der Waals surface area (Å²) in [6.45, 7) is 3.11. The quantitative estimate of drug-likeness (QED) is 0.655. The molecule has 0 bridgehead atoms. The fraction of sp³-hybridized carbons (Fsp3) is 0.444. The monoisotopic (exact) mass is 313 g/mol. The Morgan fingerprint density at radius 3 is 2.91 bits per heavy atom. The summed E-state index contributed by atoms with van der Waals surface area (Å²) < 4.78 is 0. The molecule has 1 aliphatic carbocycles. The molecule has 116 valence electrons. The highest BCUT2D eigenvalue weighted by molar-refractivity contribution is 7.80. The normalized spacial score (nSPS) is 13.7.